The maximum absolute atomic E-state index is 10.6. The Labute approximate surface area is 160 Å². The maximum atomic E-state index is 10.6. The Bertz CT molecular complexity index is 636. The lowest BCUT2D eigenvalue weighted by atomic mass is 10.3. The third kappa shape index (κ3) is 6.69. The van der Waals surface area contributed by atoms with E-state index in [1.807, 2.05) is 0 Å². The molecule has 24 heavy (non-hydrogen) atoms. The van der Waals surface area contributed by atoms with Gasteiger partial charge in [-0.3, -0.25) is 20.2 Å². The highest BCUT2D eigenvalue weighted by Crippen LogP contribution is 2.55. The molecule has 0 saturated heterocycles. The van der Waals surface area contributed by atoms with Gasteiger partial charge in [0.25, 0.3) is 11.4 Å². The number of hydrogen-bond donors (Lipinski definition) is 0. The lowest BCUT2D eigenvalue weighted by molar-refractivity contribution is -0.385. The minimum absolute atomic E-state index is 0.0847. The topological polar surface area (TPSA) is 86.3 Å². The molecule has 0 saturated carbocycles. The zero-order chi connectivity index (χ0) is 17.4. The van der Waals surface area contributed by atoms with Crippen LogP contribution in [0, 0.1) is 20.2 Å². The van der Waals surface area contributed by atoms with Crippen molar-refractivity contribution in [1.29, 1.82) is 0 Å². The fraction of sp³-hybridized carbons (Fsp3) is 0. The minimum Gasteiger partial charge on any atom is -0.258 e. The van der Waals surface area contributed by atoms with Gasteiger partial charge in [0, 0.05) is 34.1 Å². The molecule has 0 unspecified atom stereocenters. The summed E-state index contributed by atoms with van der Waals surface area (Å²) in [5, 5.41) is 21.1. The Balaban J connectivity index is 1.62. The number of benzene rings is 2. The summed E-state index contributed by atoms with van der Waals surface area (Å²) >= 11 is 0. The van der Waals surface area contributed by atoms with Gasteiger partial charge in [-0.05, 0) is 85.2 Å². The van der Waals surface area contributed by atoms with Crippen LogP contribution in [0.1, 0.15) is 0 Å². The molecule has 126 valence electrons. The van der Waals surface area contributed by atoms with Gasteiger partial charge >= 0.3 is 0 Å². The summed E-state index contributed by atoms with van der Waals surface area (Å²) in [5.74, 6) is 0. The van der Waals surface area contributed by atoms with Crippen molar-refractivity contribution in [1.82, 2.24) is 0 Å². The van der Waals surface area contributed by atoms with E-state index in [4.69, 9.17) is 0 Å². The number of nitrogens with zero attached hydrogens (tertiary/aromatic N) is 2. The molecule has 0 atom stereocenters. The summed E-state index contributed by atoms with van der Waals surface area (Å²) in [7, 11) is 9.36. The highest BCUT2D eigenvalue weighted by atomic mass is 33.9. The first kappa shape index (κ1) is 19.7. The van der Waals surface area contributed by atoms with E-state index >= 15 is 0 Å². The van der Waals surface area contributed by atoms with Gasteiger partial charge in [0.15, 0.2) is 0 Å². The van der Waals surface area contributed by atoms with Crippen LogP contribution in [0.4, 0.5) is 11.4 Å². The third-order valence-electron chi connectivity index (χ3n) is 2.44. The number of hydrogen-bond acceptors (Lipinski definition) is 10. The van der Waals surface area contributed by atoms with E-state index in [0.29, 0.717) is 0 Å². The Hall–Kier alpha value is -0.660. The molecule has 0 aliphatic rings. The van der Waals surface area contributed by atoms with Crippen molar-refractivity contribution in [2.75, 3.05) is 0 Å². The first-order chi connectivity index (χ1) is 11.6. The summed E-state index contributed by atoms with van der Waals surface area (Å²) in [6.07, 6.45) is 0. The fourth-order valence-electron chi connectivity index (χ4n) is 1.38. The van der Waals surface area contributed by atoms with Crippen molar-refractivity contribution in [3.63, 3.8) is 0 Å². The highest BCUT2D eigenvalue weighted by molar-refractivity contribution is 9.41. The van der Waals surface area contributed by atoms with Crippen LogP contribution in [0.25, 0.3) is 0 Å². The van der Waals surface area contributed by atoms with E-state index < -0.39 is 9.85 Å². The molecule has 2 aromatic carbocycles. The fourth-order valence-corrected chi connectivity index (χ4v) is 12.3. The molecule has 0 N–H and O–H groups in total. The van der Waals surface area contributed by atoms with Crippen LogP contribution in [0.2, 0.25) is 0 Å². The van der Waals surface area contributed by atoms with Crippen LogP contribution in [0.3, 0.4) is 0 Å². The Morgan fingerprint density at radius 3 is 1.21 bits per heavy atom. The van der Waals surface area contributed by atoms with E-state index in [9.17, 15) is 20.2 Å². The van der Waals surface area contributed by atoms with E-state index in [1.54, 1.807) is 63.6 Å². The monoisotopic (exact) mass is 436 g/mol. The molecule has 0 aliphatic heterocycles. The summed E-state index contributed by atoms with van der Waals surface area (Å²) in [5.41, 5.74) is 0.169. The Kier molecular flexibility index (Phi) is 8.49. The van der Waals surface area contributed by atoms with Gasteiger partial charge in [-0.1, -0.05) is 0 Å². The van der Waals surface area contributed by atoms with Crippen molar-refractivity contribution in [2.45, 2.75) is 9.79 Å². The molecule has 0 bridgehead atoms. The normalized spacial score (nSPS) is 10.5. The van der Waals surface area contributed by atoms with Gasteiger partial charge in [0.2, 0.25) is 0 Å². The number of nitro benzene ring substituents is 2. The van der Waals surface area contributed by atoms with E-state index in [-0.39, 0.29) is 11.4 Å². The van der Waals surface area contributed by atoms with Crippen LogP contribution in [0.5, 0.6) is 0 Å². The second-order valence-corrected chi connectivity index (χ2v) is 13.3. The van der Waals surface area contributed by atoms with Crippen LogP contribution < -0.4 is 0 Å². The van der Waals surface area contributed by atoms with Crippen molar-refractivity contribution in [2.24, 2.45) is 0 Å². The quantitative estimate of drug-likeness (QED) is 0.179. The van der Waals surface area contributed by atoms with E-state index in [1.165, 1.54) is 45.9 Å². The van der Waals surface area contributed by atoms with Crippen LogP contribution in [-0.2, 0) is 0 Å². The predicted octanol–water partition coefficient (Wildman–Crippen LogP) is 6.90. The molecule has 2 rings (SSSR count). The van der Waals surface area contributed by atoms with Gasteiger partial charge < -0.3 is 0 Å². The Morgan fingerprint density at radius 2 is 0.917 bits per heavy atom. The van der Waals surface area contributed by atoms with E-state index in [2.05, 4.69) is 0 Å². The highest BCUT2D eigenvalue weighted by Gasteiger charge is 2.06. The van der Waals surface area contributed by atoms with Crippen molar-refractivity contribution < 1.29 is 9.85 Å². The van der Waals surface area contributed by atoms with E-state index in [0.717, 1.165) is 9.79 Å². The first-order valence-electron chi connectivity index (χ1n) is 6.06. The second-order valence-electron chi connectivity index (χ2n) is 3.94. The summed E-state index contributed by atoms with van der Waals surface area (Å²) in [6, 6.07) is 12.8. The number of nitro groups is 2. The zero-order valence-electron chi connectivity index (χ0n) is 11.6. The molecule has 6 nitrogen and oxygen atoms in total. The zero-order valence-corrected chi connectivity index (χ0v) is 16.5. The molecule has 0 fully saturated rings. The minimum atomic E-state index is -0.418. The molecule has 0 heterocycles. The van der Waals surface area contributed by atoms with Crippen molar-refractivity contribution >= 4 is 72.3 Å². The number of rotatable bonds is 9. The molecule has 2 aromatic rings. The second kappa shape index (κ2) is 10.4. The first-order valence-corrected chi connectivity index (χ1v) is 13.5. The van der Waals surface area contributed by atoms with Crippen LogP contribution in [0.15, 0.2) is 58.3 Å². The summed E-state index contributed by atoms with van der Waals surface area (Å²) < 4.78 is 0. The molecular weight excluding hydrogens is 429 g/mol. The van der Waals surface area contributed by atoms with Gasteiger partial charge in [-0.25, -0.2) is 0 Å². The maximum Gasteiger partial charge on any atom is 0.269 e. The SMILES string of the molecule is O=[N+]([O-])c1ccc(SSSSSSc2ccc([N+](=O)[O-])cc2)cc1. The smallest absolute Gasteiger partial charge is 0.258 e. The van der Waals surface area contributed by atoms with Crippen LogP contribution >= 0.6 is 60.9 Å². The summed E-state index contributed by atoms with van der Waals surface area (Å²) in [4.78, 5) is 22.2. The van der Waals surface area contributed by atoms with Gasteiger partial charge in [-0.2, -0.15) is 0 Å². The molecule has 0 spiro atoms. The predicted molar refractivity (Wildman–Crippen MR) is 108 cm³/mol. The van der Waals surface area contributed by atoms with Gasteiger partial charge in [-0.15, -0.1) is 0 Å². The Morgan fingerprint density at radius 1 is 0.583 bits per heavy atom. The molecular formula is C12H8N2O4S6. The summed E-state index contributed by atoms with van der Waals surface area (Å²) in [6.45, 7) is 0. The lowest BCUT2D eigenvalue weighted by Crippen LogP contribution is -1.85. The molecule has 0 amide bonds. The molecule has 0 aliphatic carbocycles. The molecule has 0 radical (unpaired) electrons. The van der Waals surface area contributed by atoms with Crippen molar-refractivity contribution in [3.8, 4) is 0 Å². The van der Waals surface area contributed by atoms with Crippen LogP contribution in [-0.4, -0.2) is 9.85 Å². The lowest BCUT2D eigenvalue weighted by Gasteiger charge is -2.00. The standard InChI is InChI=1S/C12H8N2O4S6/c15-13(16)9-1-5-11(6-2-9)19-21-23-24-22-20-12-7-3-10(4-8-12)14(17)18/h1-8H. The third-order valence-corrected chi connectivity index (χ3v) is 13.0. The largest absolute Gasteiger partial charge is 0.269 e. The molecule has 12 heteroatoms. The van der Waals surface area contributed by atoms with Gasteiger partial charge in [0.1, 0.15) is 0 Å². The molecule has 0 aromatic heterocycles. The van der Waals surface area contributed by atoms with Crippen molar-refractivity contribution in [3.05, 3.63) is 68.8 Å². The number of non-ortho nitro benzene ring substituents is 2. The average Bonchev–Trinajstić information content (AvgIpc) is 2.58. The van der Waals surface area contributed by atoms with Gasteiger partial charge in [0.05, 0.1) is 9.85 Å². The average molecular weight is 437 g/mol.